The summed E-state index contributed by atoms with van der Waals surface area (Å²) in [7, 11) is 0. The van der Waals surface area contributed by atoms with E-state index in [2.05, 4.69) is 11.3 Å². The zero-order valence-corrected chi connectivity index (χ0v) is 9.06. The third-order valence-electron chi connectivity index (χ3n) is 1.62. The van der Waals surface area contributed by atoms with Crippen molar-refractivity contribution in [3.05, 3.63) is 12.2 Å². The number of ether oxygens (including phenoxy) is 2. The number of nitrogens with zero attached hydrogens (tertiary/aromatic N) is 1. The van der Waals surface area contributed by atoms with Crippen LogP contribution in [-0.4, -0.2) is 24.8 Å². The highest BCUT2D eigenvalue weighted by Crippen LogP contribution is 2.04. The molecule has 0 spiro atoms. The van der Waals surface area contributed by atoms with Crippen LogP contribution in [0.3, 0.4) is 0 Å². The SMILES string of the molecule is C=C(C)C(=O)OCCC(CC#N)OC(N)=O. The van der Waals surface area contributed by atoms with Crippen LogP contribution in [0.25, 0.3) is 0 Å². The van der Waals surface area contributed by atoms with Crippen LogP contribution < -0.4 is 5.73 Å². The van der Waals surface area contributed by atoms with Crippen molar-refractivity contribution in [3.8, 4) is 6.07 Å². The van der Waals surface area contributed by atoms with Gasteiger partial charge in [-0.15, -0.1) is 0 Å². The van der Waals surface area contributed by atoms with E-state index in [0.717, 1.165) is 0 Å². The molecule has 0 fully saturated rings. The second-order valence-corrected chi connectivity index (χ2v) is 3.13. The van der Waals surface area contributed by atoms with Crippen LogP contribution in [0.5, 0.6) is 0 Å². The molecule has 0 bridgehead atoms. The zero-order valence-electron chi connectivity index (χ0n) is 9.06. The van der Waals surface area contributed by atoms with Crippen LogP contribution in [0.4, 0.5) is 4.79 Å². The lowest BCUT2D eigenvalue weighted by Gasteiger charge is -2.13. The summed E-state index contributed by atoms with van der Waals surface area (Å²) in [6, 6.07) is 1.84. The van der Waals surface area contributed by atoms with Gasteiger partial charge in [0.1, 0.15) is 6.10 Å². The Balaban J connectivity index is 3.94. The van der Waals surface area contributed by atoms with Gasteiger partial charge in [-0.25, -0.2) is 9.59 Å². The average molecular weight is 226 g/mol. The first kappa shape index (κ1) is 14.0. The van der Waals surface area contributed by atoms with Crippen LogP contribution in [0.1, 0.15) is 19.8 Å². The summed E-state index contributed by atoms with van der Waals surface area (Å²) in [5.41, 5.74) is 5.10. The number of esters is 1. The van der Waals surface area contributed by atoms with Gasteiger partial charge in [-0.2, -0.15) is 5.26 Å². The molecule has 0 aromatic carbocycles. The van der Waals surface area contributed by atoms with E-state index >= 15 is 0 Å². The number of carbonyl (C=O) groups excluding carboxylic acids is 2. The van der Waals surface area contributed by atoms with E-state index in [0.29, 0.717) is 0 Å². The maximum absolute atomic E-state index is 11.0. The number of primary amides is 1. The first-order chi connectivity index (χ1) is 7.47. The van der Waals surface area contributed by atoms with Gasteiger partial charge < -0.3 is 15.2 Å². The molecule has 0 saturated carbocycles. The summed E-state index contributed by atoms with van der Waals surface area (Å²) in [5.74, 6) is -0.519. The Morgan fingerprint density at radius 1 is 1.56 bits per heavy atom. The second-order valence-electron chi connectivity index (χ2n) is 3.13. The molecule has 0 saturated heterocycles. The second kappa shape index (κ2) is 7.29. The molecule has 0 rings (SSSR count). The normalized spacial score (nSPS) is 11.0. The summed E-state index contributed by atoms with van der Waals surface area (Å²) in [6.45, 7) is 4.98. The van der Waals surface area contributed by atoms with Gasteiger partial charge in [0.2, 0.25) is 0 Å². The van der Waals surface area contributed by atoms with Gasteiger partial charge >= 0.3 is 12.1 Å². The Labute approximate surface area is 93.6 Å². The molecular weight excluding hydrogens is 212 g/mol. The van der Waals surface area contributed by atoms with Crippen LogP contribution in [0, 0.1) is 11.3 Å². The standard InChI is InChI=1S/C10H14N2O4/c1-7(2)9(13)15-6-4-8(3-5-11)16-10(12)14/h8H,1,3-4,6H2,2H3,(H2,12,14). The van der Waals surface area contributed by atoms with E-state index in [9.17, 15) is 9.59 Å². The Hall–Kier alpha value is -2.03. The first-order valence-corrected chi connectivity index (χ1v) is 4.63. The molecule has 0 aliphatic carbocycles. The topological polar surface area (TPSA) is 102 Å². The highest BCUT2D eigenvalue weighted by molar-refractivity contribution is 5.86. The van der Waals surface area contributed by atoms with E-state index in [-0.39, 0.29) is 25.0 Å². The van der Waals surface area contributed by atoms with Gasteiger partial charge in [-0.3, -0.25) is 0 Å². The summed E-state index contributed by atoms with van der Waals surface area (Å²) in [6.07, 6.45) is -1.37. The van der Waals surface area contributed by atoms with Gasteiger partial charge in [-0.05, 0) is 6.92 Å². The van der Waals surface area contributed by atoms with Crippen molar-refractivity contribution in [1.29, 1.82) is 5.26 Å². The quantitative estimate of drug-likeness (QED) is 0.534. The smallest absolute Gasteiger partial charge is 0.404 e. The molecular formula is C10H14N2O4. The van der Waals surface area contributed by atoms with Crippen molar-refractivity contribution >= 4 is 12.1 Å². The fourth-order valence-corrected chi connectivity index (χ4v) is 0.875. The lowest BCUT2D eigenvalue weighted by atomic mass is 10.2. The summed E-state index contributed by atoms with van der Waals surface area (Å²) in [4.78, 5) is 21.4. The molecule has 0 aliphatic heterocycles. The Bertz CT molecular complexity index is 319. The maximum atomic E-state index is 11.0. The molecule has 6 heteroatoms. The van der Waals surface area contributed by atoms with Crippen molar-refractivity contribution in [2.45, 2.75) is 25.9 Å². The Morgan fingerprint density at radius 3 is 2.62 bits per heavy atom. The number of hydrogen-bond donors (Lipinski definition) is 1. The first-order valence-electron chi connectivity index (χ1n) is 4.63. The molecule has 0 aromatic rings. The minimum absolute atomic E-state index is 0.00750. The molecule has 0 radical (unpaired) electrons. The minimum Gasteiger partial charge on any atom is -0.462 e. The number of carbonyl (C=O) groups is 2. The summed E-state index contributed by atoms with van der Waals surface area (Å²) < 4.78 is 9.42. The average Bonchev–Trinajstić information content (AvgIpc) is 2.16. The number of nitrogens with two attached hydrogens (primary N) is 1. The van der Waals surface area contributed by atoms with Crippen LogP contribution >= 0.6 is 0 Å². The summed E-state index contributed by atoms with van der Waals surface area (Å²) >= 11 is 0. The molecule has 1 amide bonds. The van der Waals surface area contributed by atoms with E-state index in [1.165, 1.54) is 6.92 Å². The van der Waals surface area contributed by atoms with Gasteiger partial charge in [0.05, 0.1) is 19.1 Å². The van der Waals surface area contributed by atoms with E-state index < -0.39 is 18.2 Å². The van der Waals surface area contributed by atoms with Crippen molar-refractivity contribution in [2.24, 2.45) is 5.73 Å². The molecule has 0 aliphatic rings. The van der Waals surface area contributed by atoms with Gasteiger partial charge in [-0.1, -0.05) is 6.58 Å². The van der Waals surface area contributed by atoms with E-state index in [1.807, 2.05) is 6.07 Å². The molecule has 0 aromatic heterocycles. The fraction of sp³-hybridized carbons (Fsp3) is 0.500. The lowest BCUT2D eigenvalue weighted by molar-refractivity contribution is -0.139. The van der Waals surface area contributed by atoms with Crippen LogP contribution in [0.15, 0.2) is 12.2 Å². The Kier molecular flexibility index (Phi) is 6.36. The van der Waals surface area contributed by atoms with Crippen molar-refractivity contribution in [3.63, 3.8) is 0 Å². The van der Waals surface area contributed by atoms with E-state index in [4.69, 9.17) is 15.7 Å². The van der Waals surface area contributed by atoms with Crippen LogP contribution in [-0.2, 0) is 14.3 Å². The van der Waals surface area contributed by atoms with Gasteiger partial charge in [0.25, 0.3) is 0 Å². The van der Waals surface area contributed by atoms with Gasteiger partial charge in [0.15, 0.2) is 0 Å². The monoisotopic (exact) mass is 226 g/mol. The maximum Gasteiger partial charge on any atom is 0.404 e. The number of nitriles is 1. The Morgan fingerprint density at radius 2 is 2.19 bits per heavy atom. The molecule has 2 N–H and O–H groups in total. The van der Waals surface area contributed by atoms with Crippen LogP contribution in [0.2, 0.25) is 0 Å². The lowest BCUT2D eigenvalue weighted by Crippen LogP contribution is -2.24. The molecule has 1 atom stereocenters. The molecule has 88 valence electrons. The van der Waals surface area contributed by atoms with Crippen molar-refractivity contribution < 1.29 is 19.1 Å². The minimum atomic E-state index is -0.952. The molecule has 0 heterocycles. The third kappa shape index (κ3) is 6.43. The van der Waals surface area contributed by atoms with Gasteiger partial charge in [0, 0.05) is 12.0 Å². The number of rotatable bonds is 6. The largest absolute Gasteiger partial charge is 0.462 e. The zero-order chi connectivity index (χ0) is 12.6. The predicted octanol–water partition coefficient (Wildman–Crippen LogP) is 0.873. The fourth-order valence-electron chi connectivity index (χ4n) is 0.875. The highest BCUT2D eigenvalue weighted by Gasteiger charge is 2.13. The molecule has 16 heavy (non-hydrogen) atoms. The summed E-state index contributed by atoms with van der Waals surface area (Å²) in [5, 5.41) is 8.44. The third-order valence-corrected chi connectivity index (χ3v) is 1.62. The molecule has 1 unspecified atom stereocenters. The molecule has 6 nitrogen and oxygen atoms in total. The number of hydrogen-bond acceptors (Lipinski definition) is 5. The number of amides is 1. The van der Waals surface area contributed by atoms with Crippen molar-refractivity contribution in [2.75, 3.05) is 6.61 Å². The predicted molar refractivity (Wildman–Crippen MR) is 55.1 cm³/mol. The highest BCUT2D eigenvalue weighted by atomic mass is 16.6. The van der Waals surface area contributed by atoms with E-state index in [1.54, 1.807) is 0 Å². The van der Waals surface area contributed by atoms with Crippen molar-refractivity contribution in [1.82, 2.24) is 0 Å².